The Morgan fingerprint density at radius 2 is 1.88 bits per heavy atom. The Bertz CT molecular complexity index is 516. The second-order valence-electron chi connectivity index (χ2n) is 3.38. The molecule has 2 aromatic rings. The van der Waals surface area contributed by atoms with E-state index in [1.54, 1.807) is 0 Å². The summed E-state index contributed by atoms with van der Waals surface area (Å²) in [6.07, 6.45) is 3.44. The van der Waals surface area contributed by atoms with Crippen LogP contribution in [0.5, 0.6) is 0 Å². The van der Waals surface area contributed by atoms with Crippen LogP contribution in [-0.4, -0.2) is 15.0 Å². The Balaban J connectivity index is 2.23. The van der Waals surface area contributed by atoms with Gasteiger partial charge in [0.2, 0.25) is 5.82 Å². The van der Waals surface area contributed by atoms with Crippen molar-refractivity contribution < 1.29 is 5.03 Å². The van der Waals surface area contributed by atoms with Gasteiger partial charge in [0.1, 0.15) is 0 Å². The van der Waals surface area contributed by atoms with Gasteiger partial charge in [-0.3, -0.25) is 4.98 Å². The topological polar surface area (TPSA) is 81.0 Å². The first-order valence-corrected chi connectivity index (χ1v) is 5.00. The van der Waals surface area contributed by atoms with E-state index in [-0.39, 0.29) is 5.82 Å². The van der Waals surface area contributed by atoms with Gasteiger partial charge >= 0.3 is 0 Å². The molecule has 1 heterocycles. The first-order chi connectivity index (χ1) is 8.25. The molecule has 0 aliphatic rings. The van der Waals surface area contributed by atoms with Crippen molar-refractivity contribution >= 4 is 5.82 Å². The molecule has 0 spiro atoms. The van der Waals surface area contributed by atoms with Crippen molar-refractivity contribution in [2.24, 2.45) is 0 Å². The van der Waals surface area contributed by atoms with Crippen LogP contribution in [0.15, 0.2) is 42.7 Å². The fraction of sp³-hybridized carbons (Fsp3) is 0.0909. The van der Waals surface area contributed by atoms with E-state index in [1.165, 1.54) is 12.4 Å². The molecule has 1 aromatic heterocycles. The fourth-order valence-corrected chi connectivity index (χ4v) is 1.47. The number of nitro groups is 1. The maximum absolute atomic E-state index is 10.4. The van der Waals surface area contributed by atoms with Crippen molar-refractivity contribution in [3.63, 3.8) is 0 Å². The summed E-state index contributed by atoms with van der Waals surface area (Å²) < 4.78 is 0. The zero-order chi connectivity index (χ0) is 12.1. The van der Waals surface area contributed by atoms with E-state index in [9.17, 15) is 10.1 Å². The van der Waals surface area contributed by atoms with Gasteiger partial charge in [0.05, 0.1) is 5.69 Å². The highest BCUT2D eigenvalue weighted by Crippen LogP contribution is 2.13. The number of rotatable bonds is 4. The fourth-order valence-electron chi connectivity index (χ4n) is 1.47. The van der Waals surface area contributed by atoms with Gasteiger partial charge in [-0.1, -0.05) is 35.8 Å². The summed E-state index contributed by atoms with van der Waals surface area (Å²) in [5.74, 6) is 0.182. The van der Waals surface area contributed by atoms with Crippen LogP contribution in [0.25, 0.3) is 0 Å². The highest BCUT2D eigenvalue weighted by atomic mass is 16.7. The lowest BCUT2D eigenvalue weighted by molar-refractivity contribution is -0.445. The molecule has 0 atom stereocenters. The first-order valence-electron chi connectivity index (χ1n) is 5.00. The molecule has 1 N–H and O–H groups in total. The van der Waals surface area contributed by atoms with Crippen molar-refractivity contribution in [2.75, 3.05) is 5.43 Å². The van der Waals surface area contributed by atoms with Crippen molar-refractivity contribution in [2.45, 2.75) is 6.42 Å². The Labute approximate surface area is 97.5 Å². The molecule has 0 unspecified atom stereocenters. The molecule has 86 valence electrons. The average Bonchev–Trinajstić information content (AvgIpc) is 2.32. The summed E-state index contributed by atoms with van der Waals surface area (Å²) in [6, 6.07) is 9.60. The Kier molecular flexibility index (Phi) is 3.25. The van der Waals surface area contributed by atoms with Gasteiger partial charge in [0, 0.05) is 18.8 Å². The molecule has 0 amide bonds. The minimum absolute atomic E-state index is 0.182. The van der Waals surface area contributed by atoms with Gasteiger partial charge in [-0.15, -0.1) is 0 Å². The van der Waals surface area contributed by atoms with E-state index >= 15 is 0 Å². The quantitative estimate of drug-likeness (QED) is 0.638. The molecule has 0 saturated heterocycles. The van der Waals surface area contributed by atoms with E-state index in [0.717, 1.165) is 5.56 Å². The number of nitrogens with zero attached hydrogens (tertiary/aromatic N) is 3. The van der Waals surface area contributed by atoms with Crippen molar-refractivity contribution in [1.29, 1.82) is 0 Å². The summed E-state index contributed by atoms with van der Waals surface area (Å²) in [5, 5.41) is 9.76. The second-order valence-corrected chi connectivity index (χ2v) is 3.38. The monoisotopic (exact) mass is 230 g/mol. The smallest absolute Gasteiger partial charge is 0.212 e. The zero-order valence-corrected chi connectivity index (χ0v) is 8.91. The third kappa shape index (κ3) is 2.97. The van der Waals surface area contributed by atoms with E-state index < -0.39 is 5.03 Å². The lowest BCUT2D eigenvalue weighted by Gasteiger charge is -2.04. The Hall–Kier alpha value is -2.50. The lowest BCUT2D eigenvalue weighted by atomic mass is 10.1. The molecule has 6 nitrogen and oxygen atoms in total. The summed E-state index contributed by atoms with van der Waals surface area (Å²) in [7, 11) is 0. The number of hydrogen-bond acceptors (Lipinski definition) is 4. The van der Waals surface area contributed by atoms with E-state index in [0.29, 0.717) is 12.1 Å². The van der Waals surface area contributed by atoms with Crippen LogP contribution in [-0.2, 0) is 6.42 Å². The lowest BCUT2D eigenvalue weighted by Crippen LogP contribution is -2.12. The highest BCUT2D eigenvalue weighted by Gasteiger charge is 2.09. The Morgan fingerprint density at radius 3 is 2.59 bits per heavy atom. The number of aromatic nitrogens is 2. The SMILES string of the molecule is O=[N+]([O-])Nc1nccnc1Cc1ccccc1. The van der Waals surface area contributed by atoms with E-state index in [1.807, 2.05) is 35.8 Å². The van der Waals surface area contributed by atoms with E-state index in [2.05, 4.69) is 9.97 Å². The van der Waals surface area contributed by atoms with Gasteiger partial charge in [-0.2, -0.15) is 0 Å². The number of nitrogens with one attached hydrogen (secondary N) is 1. The highest BCUT2D eigenvalue weighted by molar-refractivity contribution is 5.39. The van der Waals surface area contributed by atoms with Crippen LogP contribution < -0.4 is 5.43 Å². The number of anilines is 1. The third-order valence-corrected chi connectivity index (χ3v) is 2.19. The predicted molar refractivity (Wildman–Crippen MR) is 61.9 cm³/mol. The largest absolute Gasteiger partial charge is 0.255 e. The minimum atomic E-state index is -0.640. The van der Waals surface area contributed by atoms with Gasteiger partial charge in [0.15, 0.2) is 5.03 Å². The zero-order valence-electron chi connectivity index (χ0n) is 8.91. The maximum atomic E-state index is 10.4. The summed E-state index contributed by atoms with van der Waals surface area (Å²) in [6.45, 7) is 0. The third-order valence-electron chi connectivity index (χ3n) is 2.19. The predicted octanol–water partition coefficient (Wildman–Crippen LogP) is 1.67. The molecule has 6 heteroatoms. The molecule has 17 heavy (non-hydrogen) atoms. The summed E-state index contributed by atoms with van der Waals surface area (Å²) in [5.41, 5.74) is 3.62. The molecule has 0 aliphatic heterocycles. The van der Waals surface area contributed by atoms with Gasteiger partial charge in [0.25, 0.3) is 0 Å². The number of benzene rings is 1. The van der Waals surface area contributed by atoms with Crippen molar-refractivity contribution in [1.82, 2.24) is 9.97 Å². The number of hydrazine groups is 1. The molecule has 0 radical (unpaired) electrons. The molecule has 0 fully saturated rings. The van der Waals surface area contributed by atoms with Crippen LogP contribution in [0.1, 0.15) is 11.3 Å². The molecular formula is C11H10N4O2. The van der Waals surface area contributed by atoms with Gasteiger partial charge in [-0.25, -0.2) is 15.1 Å². The molecule has 0 aliphatic carbocycles. The molecule has 0 bridgehead atoms. The van der Waals surface area contributed by atoms with Gasteiger partial charge in [-0.05, 0) is 5.56 Å². The molecular weight excluding hydrogens is 220 g/mol. The molecule has 0 saturated carbocycles. The standard InChI is InChI=1S/C11H10N4O2/c16-15(17)14-11-10(12-6-7-13-11)8-9-4-2-1-3-5-9/h1-7H,8H2,(H,13,14). The summed E-state index contributed by atoms with van der Waals surface area (Å²) >= 11 is 0. The molecule has 2 rings (SSSR count). The van der Waals surface area contributed by atoms with Crippen LogP contribution >= 0.6 is 0 Å². The average molecular weight is 230 g/mol. The first kappa shape index (κ1) is 11.0. The minimum Gasteiger partial charge on any atom is -0.255 e. The Morgan fingerprint density at radius 1 is 1.18 bits per heavy atom. The van der Waals surface area contributed by atoms with Gasteiger partial charge < -0.3 is 0 Å². The van der Waals surface area contributed by atoms with E-state index in [4.69, 9.17) is 0 Å². The van der Waals surface area contributed by atoms with Crippen LogP contribution in [0, 0.1) is 10.1 Å². The second kappa shape index (κ2) is 5.02. The van der Waals surface area contributed by atoms with Crippen LogP contribution in [0.2, 0.25) is 0 Å². The van der Waals surface area contributed by atoms with Crippen LogP contribution in [0.4, 0.5) is 5.82 Å². The normalized spacial score (nSPS) is 9.88. The van der Waals surface area contributed by atoms with Crippen molar-refractivity contribution in [3.8, 4) is 0 Å². The number of hydrogen-bond donors (Lipinski definition) is 1. The van der Waals surface area contributed by atoms with Crippen molar-refractivity contribution in [3.05, 3.63) is 64.1 Å². The molecule has 1 aromatic carbocycles. The maximum Gasteiger partial charge on any atom is 0.212 e. The summed E-state index contributed by atoms with van der Waals surface area (Å²) in [4.78, 5) is 18.4. The van der Waals surface area contributed by atoms with Crippen LogP contribution in [0.3, 0.4) is 0 Å².